The van der Waals surface area contributed by atoms with E-state index in [1.165, 1.54) is 17.0 Å². The molecular weight excluding hydrogens is 502 g/mol. The third-order valence-corrected chi connectivity index (χ3v) is 6.95. The van der Waals surface area contributed by atoms with E-state index in [1.807, 2.05) is 18.2 Å². The van der Waals surface area contributed by atoms with Crippen molar-refractivity contribution in [1.82, 2.24) is 4.90 Å². The third kappa shape index (κ3) is 6.05. The predicted octanol–water partition coefficient (Wildman–Crippen LogP) is 5.21. The number of carbonyl (C=O) groups is 3. The van der Waals surface area contributed by atoms with E-state index in [2.05, 4.69) is 10.3 Å². The average molecular weight is 524 g/mol. The Bertz CT molecular complexity index is 1330. The molecule has 4 rings (SSSR count). The van der Waals surface area contributed by atoms with Crippen LogP contribution in [0.5, 0.6) is 5.75 Å². The normalized spacial score (nSPS) is 16.6. The summed E-state index contributed by atoms with van der Waals surface area (Å²) < 4.78 is 5.20. The van der Waals surface area contributed by atoms with Gasteiger partial charge in [0.15, 0.2) is 5.17 Å². The molecule has 0 aromatic heterocycles. The molecule has 1 saturated heterocycles. The number of ether oxygens (including phenoxy) is 1. The highest BCUT2D eigenvalue weighted by Crippen LogP contribution is 2.32. The van der Waals surface area contributed by atoms with Crippen LogP contribution in [0.3, 0.4) is 0 Å². The SMILES string of the molecule is COc1ccc(N=C2SC(C(=O)Nc3cccc(C(=O)O)c3)CC(=O)N2Cc2ccccc2Cl)cc1. The Kier molecular flexibility index (Phi) is 7.92. The zero-order chi connectivity index (χ0) is 25.7. The number of carboxylic acids is 1. The number of hydrogen-bond donors (Lipinski definition) is 2. The second-order valence-electron chi connectivity index (χ2n) is 7.85. The molecule has 1 aliphatic rings. The highest BCUT2D eigenvalue weighted by Gasteiger charge is 2.36. The van der Waals surface area contributed by atoms with Crippen LogP contribution in [-0.4, -0.2) is 45.3 Å². The summed E-state index contributed by atoms with van der Waals surface area (Å²) in [7, 11) is 1.57. The van der Waals surface area contributed by atoms with E-state index >= 15 is 0 Å². The lowest BCUT2D eigenvalue weighted by Crippen LogP contribution is -2.44. The molecule has 1 aliphatic heterocycles. The summed E-state index contributed by atoms with van der Waals surface area (Å²) in [4.78, 5) is 43.7. The molecule has 3 aromatic carbocycles. The molecule has 0 bridgehead atoms. The van der Waals surface area contributed by atoms with Gasteiger partial charge in [-0.15, -0.1) is 0 Å². The van der Waals surface area contributed by atoms with E-state index in [4.69, 9.17) is 16.3 Å². The van der Waals surface area contributed by atoms with Gasteiger partial charge in [0.2, 0.25) is 11.8 Å². The Morgan fingerprint density at radius 3 is 2.58 bits per heavy atom. The molecule has 1 fully saturated rings. The number of carbonyl (C=O) groups excluding carboxylic acids is 2. The van der Waals surface area contributed by atoms with Gasteiger partial charge < -0.3 is 15.2 Å². The van der Waals surface area contributed by atoms with Crippen LogP contribution >= 0.6 is 23.4 Å². The van der Waals surface area contributed by atoms with Gasteiger partial charge in [-0.1, -0.05) is 47.6 Å². The number of rotatable bonds is 7. The maximum Gasteiger partial charge on any atom is 0.335 e. The highest BCUT2D eigenvalue weighted by atomic mass is 35.5. The summed E-state index contributed by atoms with van der Waals surface area (Å²) in [6.07, 6.45) is -0.0544. The lowest BCUT2D eigenvalue weighted by molar-refractivity contribution is -0.129. The summed E-state index contributed by atoms with van der Waals surface area (Å²) in [5, 5.41) is 12.0. The number of nitrogens with zero attached hydrogens (tertiary/aromatic N) is 2. The first-order valence-corrected chi connectivity index (χ1v) is 12.2. The number of aliphatic imine (C=N–C) groups is 1. The maximum atomic E-state index is 13.2. The number of amides is 2. The molecule has 1 heterocycles. The first kappa shape index (κ1) is 25.3. The van der Waals surface area contributed by atoms with Gasteiger partial charge in [-0.3, -0.25) is 14.5 Å². The Balaban J connectivity index is 1.61. The van der Waals surface area contributed by atoms with Gasteiger partial charge in [0.25, 0.3) is 0 Å². The molecule has 1 unspecified atom stereocenters. The Labute approximate surface area is 216 Å². The van der Waals surface area contributed by atoms with E-state index in [1.54, 1.807) is 49.6 Å². The summed E-state index contributed by atoms with van der Waals surface area (Å²) >= 11 is 7.50. The molecular formula is C26H22ClN3O5S. The first-order valence-electron chi connectivity index (χ1n) is 10.9. The molecule has 8 nitrogen and oxygen atoms in total. The molecule has 184 valence electrons. The Morgan fingerprint density at radius 1 is 1.14 bits per heavy atom. The van der Waals surface area contributed by atoms with Gasteiger partial charge in [-0.05, 0) is 54.1 Å². The van der Waals surface area contributed by atoms with Gasteiger partial charge in [-0.25, -0.2) is 9.79 Å². The zero-order valence-corrected chi connectivity index (χ0v) is 20.8. The first-order chi connectivity index (χ1) is 17.3. The second kappa shape index (κ2) is 11.3. The maximum absolute atomic E-state index is 13.2. The number of hydrogen-bond acceptors (Lipinski definition) is 6. The smallest absolute Gasteiger partial charge is 0.335 e. The van der Waals surface area contributed by atoms with Gasteiger partial charge in [0.05, 0.1) is 24.9 Å². The molecule has 3 aromatic rings. The van der Waals surface area contributed by atoms with Crippen LogP contribution in [0.4, 0.5) is 11.4 Å². The minimum Gasteiger partial charge on any atom is -0.497 e. The minimum atomic E-state index is -1.10. The Morgan fingerprint density at radius 2 is 1.89 bits per heavy atom. The third-order valence-electron chi connectivity index (χ3n) is 5.39. The van der Waals surface area contributed by atoms with Crippen molar-refractivity contribution in [2.75, 3.05) is 12.4 Å². The molecule has 2 amide bonds. The van der Waals surface area contributed by atoms with Crippen LogP contribution in [0.1, 0.15) is 22.3 Å². The molecule has 1 atom stereocenters. The number of benzene rings is 3. The van der Waals surface area contributed by atoms with Crippen molar-refractivity contribution in [2.24, 2.45) is 4.99 Å². The Hall–Kier alpha value is -3.82. The summed E-state index contributed by atoms with van der Waals surface area (Å²) in [6.45, 7) is 0.204. The molecule has 10 heteroatoms. The number of nitrogens with one attached hydrogen (secondary N) is 1. The monoisotopic (exact) mass is 523 g/mol. The van der Waals surface area contributed by atoms with Crippen LogP contribution in [0, 0.1) is 0 Å². The summed E-state index contributed by atoms with van der Waals surface area (Å²) in [6, 6.07) is 20.2. The zero-order valence-electron chi connectivity index (χ0n) is 19.2. The van der Waals surface area contributed by atoms with E-state index in [0.29, 0.717) is 27.3 Å². The summed E-state index contributed by atoms with van der Waals surface area (Å²) in [5.74, 6) is -1.13. The number of amidine groups is 1. The molecule has 0 spiro atoms. The van der Waals surface area contributed by atoms with Crippen molar-refractivity contribution in [1.29, 1.82) is 0 Å². The summed E-state index contributed by atoms with van der Waals surface area (Å²) in [5.41, 5.74) is 1.72. The fourth-order valence-electron chi connectivity index (χ4n) is 3.51. The number of thioether (sulfide) groups is 1. The minimum absolute atomic E-state index is 0.0489. The lowest BCUT2D eigenvalue weighted by atomic mass is 10.1. The fraction of sp³-hybridized carbons (Fsp3) is 0.154. The van der Waals surface area contributed by atoms with Crippen LogP contribution in [0.2, 0.25) is 5.02 Å². The van der Waals surface area contributed by atoms with Gasteiger partial charge in [0, 0.05) is 17.1 Å². The average Bonchev–Trinajstić information content (AvgIpc) is 2.87. The van der Waals surface area contributed by atoms with Crippen molar-refractivity contribution in [3.63, 3.8) is 0 Å². The van der Waals surface area contributed by atoms with E-state index in [9.17, 15) is 19.5 Å². The van der Waals surface area contributed by atoms with Crippen LogP contribution in [0.25, 0.3) is 0 Å². The number of carboxylic acid groups (broad SMARTS) is 1. The predicted molar refractivity (Wildman–Crippen MR) is 140 cm³/mol. The largest absolute Gasteiger partial charge is 0.497 e. The van der Waals surface area contributed by atoms with E-state index < -0.39 is 17.1 Å². The number of anilines is 1. The van der Waals surface area contributed by atoms with E-state index in [-0.39, 0.29) is 24.4 Å². The van der Waals surface area contributed by atoms with Crippen molar-refractivity contribution in [3.8, 4) is 5.75 Å². The van der Waals surface area contributed by atoms with Crippen molar-refractivity contribution < 1.29 is 24.2 Å². The van der Waals surface area contributed by atoms with Crippen LogP contribution in [0.15, 0.2) is 77.8 Å². The van der Waals surface area contributed by atoms with Gasteiger partial charge in [-0.2, -0.15) is 0 Å². The number of methoxy groups -OCH3 is 1. The molecule has 2 N–H and O–H groups in total. The van der Waals surface area contributed by atoms with Crippen LogP contribution in [-0.2, 0) is 16.1 Å². The second-order valence-corrected chi connectivity index (χ2v) is 9.43. The van der Waals surface area contributed by atoms with Gasteiger partial charge >= 0.3 is 5.97 Å². The molecule has 0 radical (unpaired) electrons. The lowest BCUT2D eigenvalue weighted by Gasteiger charge is -2.32. The number of aromatic carboxylic acids is 1. The standard InChI is InChI=1S/C26H22ClN3O5S/c1-35-20-11-9-18(10-12-20)29-26-30(15-17-5-2-3-8-21(17)27)23(31)14-22(36-26)24(32)28-19-7-4-6-16(13-19)25(33)34/h2-13,22H,14-15H2,1H3,(H,28,32)(H,33,34). The molecule has 0 aliphatic carbocycles. The molecule has 36 heavy (non-hydrogen) atoms. The van der Waals surface area contributed by atoms with E-state index in [0.717, 1.165) is 17.3 Å². The van der Waals surface area contributed by atoms with Crippen LogP contribution < -0.4 is 10.1 Å². The van der Waals surface area contributed by atoms with Crippen molar-refractivity contribution in [2.45, 2.75) is 18.2 Å². The highest BCUT2D eigenvalue weighted by molar-refractivity contribution is 8.15. The number of halogens is 1. The quantitative estimate of drug-likeness (QED) is 0.440. The topological polar surface area (TPSA) is 108 Å². The van der Waals surface area contributed by atoms with Crippen molar-refractivity contribution in [3.05, 3.63) is 88.9 Å². The van der Waals surface area contributed by atoms with Crippen molar-refractivity contribution >= 4 is 57.7 Å². The van der Waals surface area contributed by atoms with Gasteiger partial charge in [0.1, 0.15) is 11.0 Å². The molecule has 0 saturated carbocycles. The fourth-order valence-corrected chi connectivity index (χ4v) is 4.81.